The average molecular weight is 255 g/mol. The van der Waals surface area contributed by atoms with Gasteiger partial charge in [0.1, 0.15) is 0 Å². The van der Waals surface area contributed by atoms with Crippen molar-refractivity contribution in [1.82, 2.24) is 0 Å². The molecule has 18 heavy (non-hydrogen) atoms. The SMILES string of the molecule is Cc1ccc(SCC2Cc3ccccc32)c(N)c1. The van der Waals surface area contributed by atoms with E-state index < -0.39 is 0 Å². The molecule has 1 aliphatic carbocycles. The normalized spacial score (nSPS) is 17.1. The van der Waals surface area contributed by atoms with Crippen molar-refractivity contribution in [2.75, 3.05) is 11.5 Å². The van der Waals surface area contributed by atoms with Gasteiger partial charge in [0.05, 0.1) is 0 Å². The third kappa shape index (κ3) is 2.13. The molecule has 92 valence electrons. The lowest BCUT2D eigenvalue weighted by Gasteiger charge is -2.29. The third-order valence-corrected chi connectivity index (χ3v) is 4.82. The minimum absolute atomic E-state index is 0.701. The predicted molar refractivity (Wildman–Crippen MR) is 79.2 cm³/mol. The third-order valence-electron chi connectivity index (χ3n) is 3.57. The first-order valence-electron chi connectivity index (χ1n) is 6.31. The van der Waals surface area contributed by atoms with Crippen molar-refractivity contribution >= 4 is 17.4 Å². The van der Waals surface area contributed by atoms with Gasteiger partial charge in [-0.15, -0.1) is 11.8 Å². The van der Waals surface area contributed by atoms with Crippen molar-refractivity contribution in [3.8, 4) is 0 Å². The van der Waals surface area contributed by atoms with Gasteiger partial charge in [-0.25, -0.2) is 0 Å². The molecule has 0 aromatic heterocycles. The fraction of sp³-hybridized carbons (Fsp3) is 0.250. The van der Waals surface area contributed by atoms with Gasteiger partial charge >= 0.3 is 0 Å². The topological polar surface area (TPSA) is 26.0 Å². The van der Waals surface area contributed by atoms with Gasteiger partial charge in [0.25, 0.3) is 0 Å². The van der Waals surface area contributed by atoms with E-state index in [4.69, 9.17) is 5.73 Å². The first kappa shape index (κ1) is 11.7. The fourth-order valence-electron chi connectivity index (χ4n) is 2.50. The Labute approximate surface area is 112 Å². The van der Waals surface area contributed by atoms with E-state index in [1.54, 1.807) is 0 Å². The van der Waals surface area contributed by atoms with Gasteiger partial charge < -0.3 is 5.73 Å². The maximum Gasteiger partial charge on any atom is 0.0454 e. The summed E-state index contributed by atoms with van der Waals surface area (Å²) in [5, 5.41) is 0. The molecule has 2 aromatic rings. The molecule has 1 unspecified atom stereocenters. The van der Waals surface area contributed by atoms with E-state index in [9.17, 15) is 0 Å². The van der Waals surface area contributed by atoms with Crippen LogP contribution in [0.3, 0.4) is 0 Å². The van der Waals surface area contributed by atoms with Crippen molar-refractivity contribution in [3.05, 3.63) is 59.2 Å². The number of fused-ring (bicyclic) bond motifs is 1. The Morgan fingerprint density at radius 1 is 1.22 bits per heavy atom. The van der Waals surface area contributed by atoms with Crippen LogP contribution in [-0.4, -0.2) is 5.75 Å². The first-order chi connectivity index (χ1) is 8.74. The monoisotopic (exact) mass is 255 g/mol. The highest BCUT2D eigenvalue weighted by atomic mass is 32.2. The Hall–Kier alpha value is -1.41. The second kappa shape index (κ2) is 4.69. The molecule has 0 aliphatic heterocycles. The van der Waals surface area contributed by atoms with Gasteiger partial charge in [-0.05, 0) is 48.1 Å². The highest BCUT2D eigenvalue weighted by Crippen LogP contribution is 2.39. The summed E-state index contributed by atoms with van der Waals surface area (Å²) in [6.07, 6.45) is 1.22. The fourth-order valence-corrected chi connectivity index (χ4v) is 3.57. The van der Waals surface area contributed by atoms with E-state index in [-0.39, 0.29) is 0 Å². The summed E-state index contributed by atoms with van der Waals surface area (Å²) >= 11 is 1.88. The summed E-state index contributed by atoms with van der Waals surface area (Å²) in [4.78, 5) is 1.21. The highest BCUT2D eigenvalue weighted by Gasteiger charge is 2.25. The summed E-state index contributed by atoms with van der Waals surface area (Å²) in [6.45, 7) is 2.08. The van der Waals surface area contributed by atoms with Gasteiger partial charge in [0, 0.05) is 16.3 Å². The second-order valence-electron chi connectivity index (χ2n) is 4.95. The molecule has 2 N–H and O–H groups in total. The van der Waals surface area contributed by atoms with Crippen LogP contribution >= 0.6 is 11.8 Å². The average Bonchev–Trinajstić information content (AvgIpc) is 2.33. The van der Waals surface area contributed by atoms with Crippen LogP contribution in [0.15, 0.2) is 47.4 Å². The molecule has 0 bridgehead atoms. The van der Waals surface area contributed by atoms with Gasteiger partial charge in [-0.2, -0.15) is 0 Å². The molecule has 3 rings (SSSR count). The largest absolute Gasteiger partial charge is 0.398 e. The number of anilines is 1. The molecule has 0 saturated carbocycles. The molecule has 1 aliphatic rings. The molecule has 2 heteroatoms. The molecule has 0 heterocycles. The number of aryl methyl sites for hydroxylation is 1. The van der Waals surface area contributed by atoms with Crippen LogP contribution < -0.4 is 5.73 Å². The summed E-state index contributed by atoms with van der Waals surface area (Å²) in [5.41, 5.74) is 11.2. The molecule has 0 spiro atoms. The van der Waals surface area contributed by atoms with Crippen LogP contribution in [0.25, 0.3) is 0 Å². The zero-order valence-corrected chi connectivity index (χ0v) is 11.3. The van der Waals surface area contributed by atoms with Crippen molar-refractivity contribution in [2.45, 2.75) is 24.2 Å². The highest BCUT2D eigenvalue weighted by molar-refractivity contribution is 7.99. The minimum atomic E-state index is 0.701. The smallest absolute Gasteiger partial charge is 0.0454 e. The number of thioether (sulfide) groups is 1. The van der Waals surface area contributed by atoms with Crippen molar-refractivity contribution in [2.24, 2.45) is 0 Å². The molecule has 0 fully saturated rings. The molecule has 0 amide bonds. The quantitative estimate of drug-likeness (QED) is 0.662. The Kier molecular flexibility index (Phi) is 3.04. The van der Waals surface area contributed by atoms with Crippen molar-refractivity contribution < 1.29 is 0 Å². The van der Waals surface area contributed by atoms with Gasteiger partial charge in [0.2, 0.25) is 0 Å². The predicted octanol–water partition coefficient (Wildman–Crippen LogP) is 4.01. The van der Waals surface area contributed by atoms with Gasteiger partial charge in [0.15, 0.2) is 0 Å². The molecule has 2 aromatic carbocycles. The molecular weight excluding hydrogens is 238 g/mol. The lowest BCUT2D eigenvalue weighted by Crippen LogP contribution is -2.18. The molecule has 0 radical (unpaired) electrons. The lowest BCUT2D eigenvalue weighted by atomic mass is 9.79. The number of hydrogen-bond acceptors (Lipinski definition) is 2. The van der Waals surface area contributed by atoms with Crippen LogP contribution in [0.2, 0.25) is 0 Å². The Bertz CT molecular complexity index is 577. The van der Waals surface area contributed by atoms with Crippen LogP contribution in [0.4, 0.5) is 5.69 Å². The van der Waals surface area contributed by atoms with Crippen molar-refractivity contribution in [3.63, 3.8) is 0 Å². The number of nitrogens with two attached hydrogens (primary N) is 1. The summed E-state index contributed by atoms with van der Waals surface area (Å²) in [5.74, 6) is 1.83. The molecule has 1 atom stereocenters. The standard InChI is InChI=1S/C16H17NS/c1-11-6-7-16(15(17)8-11)18-10-13-9-12-4-2-3-5-14(12)13/h2-8,13H,9-10,17H2,1H3. The molecular formula is C16H17NS. The first-order valence-corrected chi connectivity index (χ1v) is 7.29. The second-order valence-corrected chi connectivity index (χ2v) is 6.01. The minimum Gasteiger partial charge on any atom is -0.398 e. The summed E-state index contributed by atoms with van der Waals surface area (Å²) < 4.78 is 0. The van der Waals surface area contributed by atoms with Gasteiger partial charge in [-0.1, -0.05) is 30.3 Å². The van der Waals surface area contributed by atoms with E-state index in [0.717, 1.165) is 11.4 Å². The maximum atomic E-state index is 6.04. The molecule has 0 saturated heterocycles. The van der Waals surface area contributed by atoms with E-state index in [1.165, 1.54) is 28.0 Å². The zero-order chi connectivity index (χ0) is 12.5. The number of benzene rings is 2. The van der Waals surface area contributed by atoms with E-state index >= 15 is 0 Å². The van der Waals surface area contributed by atoms with Gasteiger partial charge in [-0.3, -0.25) is 0 Å². The Morgan fingerprint density at radius 2 is 2.06 bits per heavy atom. The van der Waals surface area contributed by atoms with Crippen LogP contribution in [-0.2, 0) is 6.42 Å². The Balaban J connectivity index is 1.66. The zero-order valence-electron chi connectivity index (χ0n) is 10.5. The Morgan fingerprint density at radius 3 is 2.83 bits per heavy atom. The molecule has 1 nitrogen and oxygen atoms in total. The summed E-state index contributed by atoms with van der Waals surface area (Å²) in [6, 6.07) is 15.1. The summed E-state index contributed by atoms with van der Waals surface area (Å²) in [7, 11) is 0. The van der Waals surface area contributed by atoms with E-state index in [2.05, 4.69) is 49.4 Å². The van der Waals surface area contributed by atoms with Crippen molar-refractivity contribution in [1.29, 1.82) is 0 Å². The lowest BCUT2D eigenvalue weighted by molar-refractivity contribution is 0.677. The van der Waals surface area contributed by atoms with E-state index in [0.29, 0.717) is 5.92 Å². The van der Waals surface area contributed by atoms with Crippen LogP contribution in [0.5, 0.6) is 0 Å². The van der Waals surface area contributed by atoms with Crippen LogP contribution in [0.1, 0.15) is 22.6 Å². The number of rotatable bonds is 3. The number of hydrogen-bond donors (Lipinski definition) is 1. The van der Waals surface area contributed by atoms with Crippen LogP contribution in [0, 0.1) is 6.92 Å². The van der Waals surface area contributed by atoms with E-state index in [1.807, 2.05) is 11.8 Å². The maximum absolute atomic E-state index is 6.04. The number of nitrogen functional groups attached to an aromatic ring is 1.